The Hall–Kier alpha value is -1.46. The van der Waals surface area contributed by atoms with E-state index in [9.17, 15) is 8.78 Å². The largest absolute Gasteiger partial charge is 0.390 e. The van der Waals surface area contributed by atoms with Gasteiger partial charge in [-0.15, -0.1) is 0 Å². The van der Waals surface area contributed by atoms with Crippen LogP contribution in [0.3, 0.4) is 0 Å². The van der Waals surface area contributed by atoms with E-state index in [2.05, 4.69) is 22.4 Å². The fraction of sp³-hybridized carbons (Fsp3) is 0.529. The van der Waals surface area contributed by atoms with Gasteiger partial charge in [0.25, 0.3) is 5.92 Å². The van der Waals surface area contributed by atoms with E-state index in [1.54, 1.807) is 0 Å². The quantitative estimate of drug-likeness (QED) is 0.768. The van der Waals surface area contributed by atoms with Gasteiger partial charge >= 0.3 is 0 Å². The first-order valence-electron chi connectivity index (χ1n) is 7.82. The lowest BCUT2D eigenvalue weighted by Gasteiger charge is -2.18. The van der Waals surface area contributed by atoms with Crippen LogP contribution in [0.15, 0.2) is 18.3 Å². The summed E-state index contributed by atoms with van der Waals surface area (Å²) < 4.78 is 26.2. The van der Waals surface area contributed by atoms with Crippen LogP contribution in [0.5, 0.6) is 0 Å². The van der Waals surface area contributed by atoms with Gasteiger partial charge in [-0.3, -0.25) is 0 Å². The fourth-order valence-electron chi connectivity index (χ4n) is 3.20. The molecule has 1 aromatic carbocycles. The molecule has 3 nitrogen and oxygen atoms in total. The highest BCUT2D eigenvalue weighted by molar-refractivity contribution is 5.85. The van der Waals surface area contributed by atoms with Crippen molar-refractivity contribution in [2.24, 2.45) is 0 Å². The van der Waals surface area contributed by atoms with Gasteiger partial charge in [0.05, 0.1) is 6.54 Å². The van der Waals surface area contributed by atoms with Gasteiger partial charge in [0, 0.05) is 23.1 Å². The highest BCUT2D eigenvalue weighted by Gasteiger charge is 2.27. The van der Waals surface area contributed by atoms with Gasteiger partial charge in [0.1, 0.15) is 6.61 Å². The molecule has 0 fully saturated rings. The van der Waals surface area contributed by atoms with Crippen molar-refractivity contribution in [3.63, 3.8) is 0 Å². The second-order valence-electron chi connectivity index (χ2n) is 6.33. The summed E-state index contributed by atoms with van der Waals surface area (Å²) in [6.45, 7) is 0.272. The highest BCUT2D eigenvalue weighted by atomic mass is 19.3. The van der Waals surface area contributed by atoms with Crippen LogP contribution in [-0.4, -0.2) is 35.2 Å². The molecular weight excluding hydrogens is 286 g/mol. The molecule has 0 aliphatic heterocycles. The fourth-order valence-corrected chi connectivity index (χ4v) is 3.20. The minimum absolute atomic E-state index is 0.0790. The van der Waals surface area contributed by atoms with Crippen LogP contribution in [0.25, 0.3) is 10.9 Å². The molecular formula is C17H22F2N2O. The molecule has 1 atom stereocenters. The number of halogens is 2. The summed E-state index contributed by atoms with van der Waals surface area (Å²) in [6, 6.07) is 4.39. The smallest absolute Gasteiger partial charge is 0.282 e. The van der Waals surface area contributed by atoms with Crippen molar-refractivity contribution < 1.29 is 13.9 Å². The number of hydrogen-bond donors (Lipinski definition) is 3. The van der Waals surface area contributed by atoms with Crippen molar-refractivity contribution in [3.8, 4) is 0 Å². The maximum absolute atomic E-state index is 13.1. The molecule has 1 aliphatic carbocycles. The zero-order valence-electron chi connectivity index (χ0n) is 12.8. The highest BCUT2D eigenvalue weighted by Crippen LogP contribution is 2.29. The van der Waals surface area contributed by atoms with E-state index in [1.807, 2.05) is 13.1 Å². The number of aliphatic hydroxyl groups is 1. The van der Waals surface area contributed by atoms with Crippen LogP contribution < -0.4 is 5.32 Å². The first-order chi connectivity index (χ1) is 10.5. The number of aromatic amines is 1. The zero-order valence-corrected chi connectivity index (χ0v) is 12.8. The number of aliphatic hydroxyl groups excluding tert-OH is 1. The molecule has 0 radical (unpaired) electrons. The summed E-state index contributed by atoms with van der Waals surface area (Å²) in [5, 5.41) is 12.6. The van der Waals surface area contributed by atoms with Gasteiger partial charge in [-0.25, -0.2) is 8.78 Å². The molecule has 1 aromatic heterocycles. The molecule has 0 amide bonds. The monoisotopic (exact) mass is 308 g/mol. The minimum Gasteiger partial charge on any atom is -0.390 e. The lowest BCUT2D eigenvalue weighted by molar-refractivity contribution is -0.0490. The van der Waals surface area contributed by atoms with Gasteiger partial charge in [-0.1, -0.05) is 0 Å². The van der Waals surface area contributed by atoms with Crippen molar-refractivity contribution in [2.45, 2.75) is 44.6 Å². The lowest BCUT2D eigenvalue weighted by atomic mass is 10.0. The summed E-state index contributed by atoms with van der Waals surface area (Å²) in [6.07, 6.45) is 6.15. The Morgan fingerprint density at radius 2 is 2.05 bits per heavy atom. The van der Waals surface area contributed by atoms with E-state index >= 15 is 0 Å². The van der Waals surface area contributed by atoms with Gasteiger partial charge in [0.15, 0.2) is 0 Å². The summed E-state index contributed by atoms with van der Waals surface area (Å²) >= 11 is 0. The lowest BCUT2D eigenvalue weighted by Crippen LogP contribution is -2.40. The Morgan fingerprint density at radius 3 is 2.77 bits per heavy atom. The molecule has 1 aliphatic rings. The van der Waals surface area contributed by atoms with Crippen molar-refractivity contribution >= 4 is 10.9 Å². The number of rotatable bonds is 6. The Balaban J connectivity index is 1.71. The standard InChI is InChI=1S/C17H22F2N2O/c1-11(21-9-17(18,19)10-22)5-14-8-20-16-7-13-4-2-3-12(13)6-15(14)16/h6-8,11,20-22H,2-5,9-10H2,1H3. The topological polar surface area (TPSA) is 48.0 Å². The van der Waals surface area contributed by atoms with Crippen LogP contribution in [0, 0.1) is 0 Å². The average molecular weight is 308 g/mol. The third kappa shape index (κ3) is 3.15. The average Bonchev–Trinajstić information content (AvgIpc) is 3.10. The van der Waals surface area contributed by atoms with Gasteiger partial charge < -0.3 is 15.4 Å². The number of H-pyrrole nitrogens is 1. The second-order valence-corrected chi connectivity index (χ2v) is 6.33. The molecule has 3 rings (SSSR count). The number of alkyl halides is 2. The third-order valence-corrected chi connectivity index (χ3v) is 4.45. The van der Waals surface area contributed by atoms with E-state index in [4.69, 9.17) is 5.11 Å². The Bertz CT molecular complexity index is 666. The van der Waals surface area contributed by atoms with E-state index in [0.717, 1.165) is 23.9 Å². The van der Waals surface area contributed by atoms with Crippen molar-refractivity contribution in [2.75, 3.05) is 13.2 Å². The van der Waals surface area contributed by atoms with E-state index in [-0.39, 0.29) is 6.04 Å². The summed E-state index contributed by atoms with van der Waals surface area (Å²) in [5.41, 5.74) is 5.12. The molecule has 2 aromatic rings. The van der Waals surface area contributed by atoms with Gasteiger partial charge in [0.2, 0.25) is 0 Å². The molecule has 5 heteroatoms. The number of benzene rings is 1. The minimum atomic E-state index is -3.06. The third-order valence-electron chi connectivity index (χ3n) is 4.45. The molecule has 120 valence electrons. The second kappa shape index (κ2) is 5.97. The van der Waals surface area contributed by atoms with Gasteiger partial charge in [-0.05, 0) is 61.4 Å². The Kier molecular flexibility index (Phi) is 4.19. The van der Waals surface area contributed by atoms with E-state index in [1.165, 1.54) is 22.9 Å². The zero-order chi connectivity index (χ0) is 15.7. The molecule has 1 heterocycles. The van der Waals surface area contributed by atoms with Gasteiger partial charge in [-0.2, -0.15) is 0 Å². The SMILES string of the molecule is CC(Cc1c[nH]c2cc3c(cc12)CCC3)NCC(F)(F)CO. The number of hydrogen-bond acceptors (Lipinski definition) is 2. The normalized spacial score (nSPS) is 16.2. The molecule has 3 N–H and O–H groups in total. The van der Waals surface area contributed by atoms with Crippen molar-refractivity contribution in [1.29, 1.82) is 0 Å². The van der Waals surface area contributed by atoms with Crippen molar-refractivity contribution in [3.05, 3.63) is 35.0 Å². The Labute approximate surface area is 128 Å². The number of aromatic nitrogens is 1. The van der Waals surface area contributed by atoms with Crippen LogP contribution in [0.1, 0.15) is 30.0 Å². The predicted molar refractivity (Wildman–Crippen MR) is 83.5 cm³/mol. The maximum Gasteiger partial charge on any atom is 0.282 e. The molecule has 0 saturated carbocycles. The molecule has 0 bridgehead atoms. The molecule has 1 unspecified atom stereocenters. The van der Waals surface area contributed by atoms with E-state index in [0.29, 0.717) is 6.42 Å². The maximum atomic E-state index is 13.1. The summed E-state index contributed by atoms with van der Waals surface area (Å²) in [4.78, 5) is 3.29. The summed E-state index contributed by atoms with van der Waals surface area (Å²) in [7, 11) is 0. The first kappa shape index (κ1) is 15.4. The number of nitrogens with one attached hydrogen (secondary N) is 2. The van der Waals surface area contributed by atoms with Crippen LogP contribution in [0.4, 0.5) is 8.78 Å². The Morgan fingerprint density at radius 1 is 1.32 bits per heavy atom. The molecule has 0 saturated heterocycles. The van der Waals surface area contributed by atoms with Crippen LogP contribution >= 0.6 is 0 Å². The van der Waals surface area contributed by atoms with Crippen LogP contribution in [-0.2, 0) is 19.3 Å². The van der Waals surface area contributed by atoms with E-state index < -0.39 is 19.1 Å². The number of fused-ring (bicyclic) bond motifs is 2. The summed E-state index contributed by atoms with van der Waals surface area (Å²) in [5.74, 6) is -3.06. The molecule has 0 spiro atoms. The van der Waals surface area contributed by atoms with Crippen LogP contribution in [0.2, 0.25) is 0 Å². The number of aryl methyl sites for hydroxylation is 2. The van der Waals surface area contributed by atoms with Crippen molar-refractivity contribution in [1.82, 2.24) is 10.3 Å². The predicted octanol–water partition coefficient (Wildman–Crippen LogP) is 2.80. The molecule has 22 heavy (non-hydrogen) atoms. The first-order valence-corrected chi connectivity index (χ1v) is 7.82.